The average Bonchev–Trinajstić information content (AvgIpc) is 2.83. The number of amidine groups is 1. The van der Waals surface area contributed by atoms with Crippen LogP contribution in [0.15, 0.2) is 83.9 Å². The van der Waals surface area contributed by atoms with Gasteiger partial charge in [0.05, 0.1) is 17.8 Å². The summed E-state index contributed by atoms with van der Waals surface area (Å²) >= 11 is 1.13. The van der Waals surface area contributed by atoms with Gasteiger partial charge in [0.25, 0.3) is 0 Å². The molecule has 2 amide bonds. The maximum Gasteiger partial charge on any atom is 0.335 e. The van der Waals surface area contributed by atoms with Gasteiger partial charge in [-0.2, -0.15) is 0 Å². The summed E-state index contributed by atoms with van der Waals surface area (Å²) in [6.07, 6.45) is -0.0512. The topological polar surface area (TPSA) is 99.1 Å². The Balaban J connectivity index is 1.58. The number of benzene rings is 3. The fourth-order valence-electron chi connectivity index (χ4n) is 3.34. The van der Waals surface area contributed by atoms with Crippen molar-refractivity contribution in [3.05, 3.63) is 95.8 Å². The van der Waals surface area contributed by atoms with E-state index >= 15 is 0 Å². The monoisotopic (exact) mass is 477 g/mol. The maximum absolute atomic E-state index is 13.3. The predicted molar refractivity (Wildman–Crippen MR) is 129 cm³/mol. The third-order valence-electron chi connectivity index (χ3n) is 5.04. The van der Waals surface area contributed by atoms with Crippen molar-refractivity contribution in [2.75, 3.05) is 5.32 Å². The summed E-state index contributed by atoms with van der Waals surface area (Å²) in [7, 11) is 0. The van der Waals surface area contributed by atoms with Crippen molar-refractivity contribution in [3.8, 4) is 0 Å². The first-order valence-electron chi connectivity index (χ1n) is 10.4. The zero-order valence-corrected chi connectivity index (χ0v) is 18.7. The van der Waals surface area contributed by atoms with Gasteiger partial charge >= 0.3 is 5.97 Å². The van der Waals surface area contributed by atoms with Crippen LogP contribution in [-0.2, 0) is 16.1 Å². The van der Waals surface area contributed by atoms with Crippen molar-refractivity contribution >= 4 is 46.1 Å². The van der Waals surface area contributed by atoms with Crippen LogP contribution < -0.4 is 5.32 Å². The maximum atomic E-state index is 13.3. The second-order valence-electron chi connectivity index (χ2n) is 7.52. The molecule has 1 unspecified atom stereocenters. The van der Waals surface area contributed by atoms with E-state index in [9.17, 15) is 18.8 Å². The second-order valence-corrected chi connectivity index (χ2v) is 8.69. The lowest BCUT2D eigenvalue weighted by Crippen LogP contribution is -2.44. The third kappa shape index (κ3) is 5.68. The van der Waals surface area contributed by atoms with E-state index < -0.39 is 22.9 Å². The first kappa shape index (κ1) is 23.2. The van der Waals surface area contributed by atoms with Gasteiger partial charge in [0.2, 0.25) is 11.8 Å². The van der Waals surface area contributed by atoms with Crippen molar-refractivity contribution in [2.24, 2.45) is 4.99 Å². The average molecular weight is 478 g/mol. The number of anilines is 1. The van der Waals surface area contributed by atoms with Gasteiger partial charge in [-0.05, 0) is 48.0 Å². The third-order valence-corrected chi connectivity index (χ3v) is 6.23. The quantitative estimate of drug-likeness (QED) is 0.537. The van der Waals surface area contributed by atoms with Crippen LogP contribution in [0.2, 0.25) is 0 Å². The molecule has 0 bridgehead atoms. The van der Waals surface area contributed by atoms with Crippen molar-refractivity contribution < 1.29 is 23.9 Å². The molecule has 0 aromatic heterocycles. The number of hydrogen-bond acceptors (Lipinski definition) is 5. The van der Waals surface area contributed by atoms with Crippen LogP contribution in [0.1, 0.15) is 22.3 Å². The van der Waals surface area contributed by atoms with Crippen LogP contribution in [-0.4, -0.2) is 38.2 Å². The van der Waals surface area contributed by atoms with Crippen LogP contribution in [0.25, 0.3) is 0 Å². The lowest BCUT2D eigenvalue weighted by Gasteiger charge is -2.32. The Morgan fingerprint density at radius 3 is 2.50 bits per heavy atom. The van der Waals surface area contributed by atoms with E-state index in [0.717, 1.165) is 17.3 Å². The molecule has 7 nitrogen and oxygen atoms in total. The molecule has 4 rings (SSSR count). The van der Waals surface area contributed by atoms with E-state index in [1.54, 1.807) is 6.07 Å². The Hall–Kier alpha value is -3.98. The number of aliphatic imine (C=N–C) groups is 1. The Kier molecular flexibility index (Phi) is 7.03. The fraction of sp³-hybridized carbons (Fsp3) is 0.120. The van der Waals surface area contributed by atoms with Gasteiger partial charge in [-0.25, -0.2) is 14.2 Å². The smallest absolute Gasteiger partial charge is 0.335 e. The highest BCUT2D eigenvalue weighted by Gasteiger charge is 2.36. The standard InChI is InChI=1S/C25H20FN3O4S/c26-18-9-11-19(12-10-18)28-25-29(15-16-5-2-1-3-6-16)22(30)14-21(34-25)23(31)27-20-8-4-7-17(13-20)24(32)33/h1-13,21H,14-15H2,(H,27,31)(H,32,33). The molecule has 1 heterocycles. The summed E-state index contributed by atoms with van der Waals surface area (Å²) in [4.78, 5) is 43.3. The number of carboxylic acids is 1. The zero-order chi connectivity index (χ0) is 24.1. The number of hydrogen-bond donors (Lipinski definition) is 2. The minimum atomic E-state index is -1.11. The van der Waals surface area contributed by atoms with Crippen LogP contribution in [0.5, 0.6) is 0 Å². The molecule has 0 saturated carbocycles. The minimum Gasteiger partial charge on any atom is -0.478 e. The van der Waals surface area contributed by atoms with Gasteiger partial charge in [0, 0.05) is 12.1 Å². The number of amides is 2. The number of carbonyl (C=O) groups is 3. The fourth-order valence-corrected chi connectivity index (χ4v) is 4.44. The van der Waals surface area contributed by atoms with Crippen molar-refractivity contribution in [1.82, 2.24) is 4.90 Å². The second kappa shape index (κ2) is 10.3. The highest BCUT2D eigenvalue weighted by atomic mass is 32.2. The number of thioether (sulfide) groups is 1. The summed E-state index contributed by atoms with van der Waals surface area (Å²) < 4.78 is 13.3. The summed E-state index contributed by atoms with van der Waals surface area (Å²) in [5.74, 6) is -2.23. The van der Waals surface area contributed by atoms with Crippen molar-refractivity contribution in [1.29, 1.82) is 0 Å². The van der Waals surface area contributed by atoms with Crippen LogP contribution in [0.3, 0.4) is 0 Å². The number of aromatic carboxylic acids is 1. The molecule has 2 N–H and O–H groups in total. The van der Waals surface area contributed by atoms with Crippen LogP contribution in [0, 0.1) is 5.82 Å². The molecule has 0 spiro atoms. The summed E-state index contributed by atoms with van der Waals surface area (Å²) in [6, 6.07) is 20.8. The normalized spacial score (nSPS) is 17.0. The molecule has 1 fully saturated rings. The first-order chi connectivity index (χ1) is 16.4. The summed E-state index contributed by atoms with van der Waals surface area (Å²) in [5, 5.41) is 11.4. The number of nitrogens with one attached hydrogen (secondary N) is 1. The largest absolute Gasteiger partial charge is 0.478 e. The number of carbonyl (C=O) groups excluding carboxylic acids is 2. The van der Waals surface area contributed by atoms with E-state index in [1.165, 1.54) is 47.4 Å². The lowest BCUT2D eigenvalue weighted by molar-refractivity contribution is -0.129. The van der Waals surface area contributed by atoms with E-state index in [2.05, 4.69) is 10.3 Å². The van der Waals surface area contributed by atoms with E-state index in [1.807, 2.05) is 30.3 Å². The number of nitrogens with zero attached hydrogens (tertiary/aromatic N) is 2. The predicted octanol–water partition coefficient (Wildman–Crippen LogP) is 4.68. The number of halogens is 1. The van der Waals surface area contributed by atoms with Gasteiger partial charge in [-0.1, -0.05) is 48.2 Å². The van der Waals surface area contributed by atoms with Gasteiger partial charge < -0.3 is 10.4 Å². The molecule has 1 aliphatic rings. The molecule has 0 radical (unpaired) electrons. The molecule has 9 heteroatoms. The van der Waals surface area contributed by atoms with Gasteiger partial charge in [0.15, 0.2) is 5.17 Å². The number of rotatable bonds is 6. The minimum absolute atomic E-state index is 0.0396. The van der Waals surface area contributed by atoms with Gasteiger partial charge in [0.1, 0.15) is 11.1 Å². The van der Waals surface area contributed by atoms with Crippen molar-refractivity contribution in [3.63, 3.8) is 0 Å². The Morgan fingerprint density at radius 2 is 1.79 bits per heavy atom. The molecule has 1 aliphatic heterocycles. The molecule has 3 aromatic carbocycles. The Bertz CT molecular complexity index is 1250. The van der Waals surface area contributed by atoms with Crippen molar-refractivity contribution in [2.45, 2.75) is 18.2 Å². The van der Waals surface area contributed by atoms with Gasteiger partial charge in [-0.15, -0.1) is 0 Å². The van der Waals surface area contributed by atoms with E-state index in [0.29, 0.717) is 16.5 Å². The Morgan fingerprint density at radius 1 is 1.06 bits per heavy atom. The molecule has 34 heavy (non-hydrogen) atoms. The molecular weight excluding hydrogens is 457 g/mol. The highest BCUT2D eigenvalue weighted by Crippen LogP contribution is 2.31. The van der Waals surface area contributed by atoms with E-state index in [4.69, 9.17) is 5.11 Å². The lowest BCUT2D eigenvalue weighted by atomic mass is 10.1. The highest BCUT2D eigenvalue weighted by molar-refractivity contribution is 8.15. The zero-order valence-electron chi connectivity index (χ0n) is 17.8. The summed E-state index contributed by atoms with van der Waals surface area (Å²) in [6.45, 7) is 0.279. The molecule has 172 valence electrons. The summed E-state index contributed by atoms with van der Waals surface area (Å²) in [5.41, 5.74) is 1.71. The van der Waals surface area contributed by atoms with Gasteiger partial charge in [-0.3, -0.25) is 14.5 Å². The molecule has 1 atom stereocenters. The SMILES string of the molecule is O=C(O)c1cccc(NC(=O)C2CC(=O)N(Cc3ccccc3)C(=Nc3ccc(F)cc3)S2)c1. The molecule has 1 saturated heterocycles. The number of carboxylic acid groups (broad SMARTS) is 1. The Labute approximate surface area is 199 Å². The molecular formula is C25H20FN3O4S. The van der Waals surface area contributed by atoms with Crippen LogP contribution >= 0.6 is 11.8 Å². The molecule has 3 aromatic rings. The van der Waals surface area contributed by atoms with E-state index in [-0.39, 0.29) is 24.4 Å². The van der Waals surface area contributed by atoms with Crippen LogP contribution in [0.4, 0.5) is 15.8 Å². The first-order valence-corrected chi connectivity index (χ1v) is 11.3. The molecule has 0 aliphatic carbocycles.